The number of carbonyl (C=O) groups excluding carboxylic acids is 2. The van der Waals surface area contributed by atoms with E-state index in [0.717, 1.165) is 11.3 Å². The number of nitro groups is 1. The molecule has 0 unspecified atom stereocenters. The molecule has 0 aliphatic carbocycles. The zero-order valence-corrected chi connectivity index (χ0v) is 16.0. The Morgan fingerprint density at radius 3 is 2.46 bits per heavy atom. The summed E-state index contributed by atoms with van der Waals surface area (Å²) in [5, 5.41) is 16.2. The Hall–Kier alpha value is -3.23. The van der Waals surface area contributed by atoms with Crippen LogP contribution in [0.3, 0.4) is 0 Å². The molecule has 0 radical (unpaired) electrons. The molecule has 1 aromatic heterocycles. The van der Waals surface area contributed by atoms with Crippen LogP contribution in [0.1, 0.15) is 20.7 Å². The predicted octanol–water partition coefficient (Wildman–Crippen LogP) is 5.02. The molecule has 9 heteroatoms. The summed E-state index contributed by atoms with van der Waals surface area (Å²) in [4.78, 5) is 35.5. The molecule has 0 aliphatic rings. The Morgan fingerprint density at radius 2 is 1.82 bits per heavy atom. The van der Waals surface area contributed by atoms with E-state index in [2.05, 4.69) is 5.32 Å². The van der Waals surface area contributed by atoms with Crippen molar-refractivity contribution in [2.24, 2.45) is 0 Å². The van der Waals surface area contributed by atoms with Crippen molar-refractivity contribution in [3.8, 4) is 11.1 Å². The van der Waals surface area contributed by atoms with Gasteiger partial charge in [-0.15, -0.1) is 11.3 Å². The second-order valence-electron chi connectivity index (χ2n) is 5.58. The van der Waals surface area contributed by atoms with Crippen LogP contribution in [0.5, 0.6) is 0 Å². The number of para-hydroxylation sites is 1. The van der Waals surface area contributed by atoms with Crippen LogP contribution < -0.4 is 5.32 Å². The van der Waals surface area contributed by atoms with Gasteiger partial charge in [-0.1, -0.05) is 35.9 Å². The van der Waals surface area contributed by atoms with E-state index in [1.807, 2.05) is 0 Å². The summed E-state index contributed by atoms with van der Waals surface area (Å²) in [6.07, 6.45) is 0. The van der Waals surface area contributed by atoms with E-state index in [1.54, 1.807) is 29.6 Å². The molecule has 0 aliphatic heterocycles. The van der Waals surface area contributed by atoms with E-state index in [0.29, 0.717) is 16.1 Å². The number of benzene rings is 2. The molecule has 3 rings (SSSR count). The second-order valence-corrected chi connectivity index (χ2v) is 6.90. The molecule has 3 aromatic rings. The van der Waals surface area contributed by atoms with Gasteiger partial charge in [0.25, 0.3) is 11.6 Å². The molecule has 0 saturated heterocycles. The van der Waals surface area contributed by atoms with Crippen molar-refractivity contribution in [2.45, 2.75) is 0 Å². The molecule has 142 valence electrons. The lowest BCUT2D eigenvalue weighted by Gasteiger charge is -2.08. The maximum atomic E-state index is 12.6. The van der Waals surface area contributed by atoms with Crippen LogP contribution in [-0.2, 0) is 4.74 Å². The first-order chi connectivity index (χ1) is 13.4. The first-order valence-electron chi connectivity index (χ1n) is 7.93. The Balaban J connectivity index is 2.01. The van der Waals surface area contributed by atoms with Gasteiger partial charge in [0.05, 0.1) is 12.0 Å². The van der Waals surface area contributed by atoms with Crippen molar-refractivity contribution in [3.63, 3.8) is 0 Å². The van der Waals surface area contributed by atoms with E-state index in [1.165, 1.54) is 31.4 Å². The monoisotopic (exact) mass is 416 g/mol. The first-order valence-corrected chi connectivity index (χ1v) is 9.18. The molecule has 0 bridgehead atoms. The lowest BCUT2D eigenvalue weighted by molar-refractivity contribution is -0.385. The van der Waals surface area contributed by atoms with Crippen LogP contribution in [0, 0.1) is 10.1 Å². The van der Waals surface area contributed by atoms with Crippen molar-refractivity contribution >= 4 is 45.5 Å². The summed E-state index contributed by atoms with van der Waals surface area (Å²) in [5.74, 6) is -1.33. The summed E-state index contributed by atoms with van der Waals surface area (Å²) in [5.41, 5.74) is 1.01. The highest BCUT2D eigenvalue weighted by Crippen LogP contribution is 2.37. The molecular formula is C19H13ClN2O5S. The summed E-state index contributed by atoms with van der Waals surface area (Å²) in [6, 6.07) is 12.4. The van der Waals surface area contributed by atoms with Crippen LogP contribution >= 0.6 is 22.9 Å². The number of nitrogens with zero attached hydrogens (tertiary/aromatic N) is 1. The number of carbonyl (C=O) groups is 2. The number of nitrogens with one attached hydrogen (secondary N) is 1. The third-order valence-electron chi connectivity index (χ3n) is 3.91. The van der Waals surface area contributed by atoms with Crippen molar-refractivity contribution in [1.29, 1.82) is 0 Å². The number of thiophene rings is 1. The lowest BCUT2D eigenvalue weighted by Crippen LogP contribution is -2.15. The van der Waals surface area contributed by atoms with E-state index < -0.39 is 16.8 Å². The molecule has 0 saturated carbocycles. The summed E-state index contributed by atoms with van der Waals surface area (Å²) < 4.78 is 4.85. The molecule has 0 spiro atoms. The van der Waals surface area contributed by atoms with Gasteiger partial charge in [0.1, 0.15) is 16.1 Å². The Bertz CT molecular complexity index is 1060. The fraction of sp³-hybridized carbons (Fsp3) is 0.0526. The summed E-state index contributed by atoms with van der Waals surface area (Å²) in [7, 11) is 1.24. The molecule has 2 aromatic carbocycles. The van der Waals surface area contributed by atoms with Gasteiger partial charge in [0.2, 0.25) is 0 Å². The number of halogens is 1. The maximum absolute atomic E-state index is 12.6. The summed E-state index contributed by atoms with van der Waals surface area (Å²) in [6.45, 7) is 0. The number of hydrogen-bond donors (Lipinski definition) is 1. The number of esters is 1. The lowest BCUT2D eigenvalue weighted by atomic mass is 10.0. The average molecular weight is 417 g/mol. The minimum absolute atomic E-state index is 0.107. The van der Waals surface area contributed by atoms with Crippen molar-refractivity contribution in [2.75, 3.05) is 12.4 Å². The minimum atomic E-state index is -0.693. The molecule has 28 heavy (non-hydrogen) atoms. The van der Waals surface area contributed by atoms with Crippen molar-refractivity contribution < 1.29 is 19.2 Å². The number of hydrogen-bond acceptors (Lipinski definition) is 6. The standard InChI is InChI=1S/C19H13ClN2O5S/c1-27-19(24)16-14(11-6-8-12(20)9-7-11)10-28-18(16)21-17(23)13-4-2-3-5-15(13)22(25)26/h2-10H,1H3,(H,21,23). The van der Waals surface area contributed by atoms with Gasteiger partial charge in [0, 0.05) is 22.0 Å². The third-order valence-corrected chi connectivity index (χ3v) is 5.06. The van der Waals surface area contributed by atoms with E-state index in [4.69, 9.17) is 16.3 Å². The number of ether oxygens (including phenoxy) is 1. The summed E-state index contributed by atoms with van der Waals surface area (Å²) >= 11 is 7.03. The zero-order chi connectivity index (χ0) is 20.3. The third kappa shape index (κ3) is 3.88. The SMILES string of the molecule is COC(=O)c1c(-c2ccc(Cl)cc2)csc1NC(=O)c1ccccc1[N+](=O)[O-]. The van der Waals surface area contributed by atoms with Crippen LogP contribution in [0.15, 0.2) is 53.9 Å². The highest BCUT2D eigenvalue weighted by atomic mass is 35.5. The molecule has 0 atom stereocenters. The smallest absolute Gasteiger partial charge is 0.341 e. The van der Waals surface area contributed by atoms with Gasteiger partial charge >= 0.3 is 5.97 Å². The van der Waals surface area contributed by atoms with Gasteiger partial charge in [-0.2, -0.15) is 0 Å². The Morgan fingerprint density at radius 1 is 1.14 bits per heavy atom. The van der Waals surface area contributed by atoms with Crippen LogP contribution in [-0.4, -0.2) is 23.9 Å². The van der Waals surface area contributed by atoms with Crippen LogP contribution in [0.25, 0.3) is 11.1 Å². The van der Waals surface area contributed by atoms with Gasteiger partial charge in [-0.3, -0.25) is 14.9 Å². The first kappa shape index (κ1) is 19.5. The maximum Gasteiger partial charge on any atom is 0.341 e. The quantitative estimate of drug-likeness (QED) is 0.358. The molecule has 0 fully saturated rings. The predicted molar refractivity (Wildman–Crippen MR) is 107 cm³/mol. The number of methoxy groups -OCH3 is 1. The number of rotatable bonds is 5. The normalized spacial score (nSPS) is 10.4. The highest BCUT2D eigenvalue weighted by Gasteiger charge is 2.25. The highest BCUT2D eigenvalue weighted by molar-refractivity contribution is 7.15. The molecule has 1 N–H and O–H groups in total. The topological polar surface area (TPSA) is 98.5 Å². The van der Waals surface area contributed by atoms with E-state index in [9.17, 15) is 19.7 Å². The van der Waals surface area contributed by atoms with Crippen LogP contribution in [0.4, 0.5) is 10.7 Å². The van der Waals surface area contributed by atoms with Crippen molar-refractivity contribution in [1.82, 2.24) is 0 Å². The van der Waals surface area contributed by atoms with Gasteiger partial charge in [-0.05, 0) is 23.8 Å². The fourth-order valence-electron chi connectivity index (χ4n) is 2.59. The van der Waals surface area contributed by atoms with Gasteiger partial charge in [-0.25, -0.2) is 4.79 Å². The van der Waals surface area contributed by atoms with E-state index >= 15 is 0 Å². The van der Waals surface area contributed by atoms with Gasteiger partial charge < -0.3 is 10.1 Å². The number of nitro benzene ring substituents is 1. The average Bonchev–Trinajstić information content (AvgIpc) is 3.11. The molecule has 1 heterocycles. The number of anilines is 1. The molecule has 1 amide bonds. The molecular weight excluding hydrogens is 404 g/mol. The minimum Gasteiger partial charge on any atom is -0.465 e. The largest absolute Gasteiger partial charge is 0.465 e. The van der Waals surface area contributed by atoms with Crippen LogP contribution in [0.2, 0.25) is 5.02 Å². The Labute approximate surface area is 168 Å². The van der Waals surface area contributed by atoms with E-state index in [-0.39, 0.29) is 21.8 Å². The molecule has 7 nitrogen and oxygen atoms in total. The number of amides is 1. The Kier molecular flexibility index (Phi) is 5.72. The zero-order valence-electron chi connectivity index (χ0n) is 14.5. The second kappa shape index (κ2) is 8.20. The fourth-order valence-corrected chi connectivity index (χ4v) is 3.67. The van der Waals surface area contributed by atoms with Crippen molar-refractivity contribution in [3.05, 3.63) is 80.2 Å². The van der Waals surface area contributed by atoms with Gasteiger partial charge in [0.15, 0.2) is 0 Å².